The van der Waals surface area contributed by atoms with Crippen molar-refractivity contribution in [1.82, 2.24) is 20.4 Å². The number of fused-ring (bicyclic) bond motifs is 3. The van der Waals surface area contributed by atoms with Gasteiger partial charge in [-0.1, -0.05) is 12.1 Å². The molecule has 8 nitrogen and oxygen atoms in total. The van der Waals surface area contributed by atoms with Crippen LogP contribution in [-0.2, 0) is 0 Å². The number of benzene rings is 1. The Morgan fingerprint density at radius 3 is 2.93 bits per heavy atom. The van der Waals surface area contributed by atoms with Crippen molar-refractivity contribution in [2.24, 2.45) is 5.92 Å². The van der Waals surface area contributed by atoms with Crippen LogP contribution in [0.5, 0.6) is 5.75 Å². The van der Waals surface area contributed by atoms with E-state index in [-0.39, 0.29) is 18.4 Å². The average Bonchev–Trinajstić information content (AvgIpc) is 2.79. The van der Waals surface area contributed by atoms with Crippen molar-refractivity contribution in [1.29, 1.82) is 0 Å². The van der Waals surface area contributed by atoms with Gasteiger partial charge in [0.1, 0.15) is 5.75 Å². The SMILES string of the molecule is OCC1CC(CN2CCN3c4cc(-c5ccccc5O)nnc4NC[C@H]3C2)CCN1. The zero-order valence-electron chi connectivity index (χ0n) is 17.2. The second-order valence-corrected chi connectivity index (χ2v) is 8.69. The number of piperazine rings is 1. The van der Waals surface area contributed by atoms with Crippen molar-refractivity contribution in [3.63, 3.8) is 0 Å². The second kappa shape index (κ2) is 8.37. The minimum absolute atomic E-state index is 0.222. The average molecular weight is 411 g/mol. The highest BCUT2D eigenvalue weighted by molar-refractivity contribution is 5.76. The number of piperidine rings is 1. The molecular weight excluding hydrogens is 380 g/mol. The minimum Gasteiger partial charge on any atom is -0.507 e. The van der Waals surface area contributed by atoms with E-state index in [1.807, 2.05) is 24.3 Å². The summed E-state index contributed by atoms with van der Waals surface area (Å²) in [6.45, 7) is 6.20. The summed E-state index contributed by atoms with van der Waals surface area (Å²) in [6, 6.07) is 9.95. The Labute approximate surface area is 176 Å². The van der Waals surface area contributed by atoms with Gasteiger partial charge < -0.3 is 25.7 Å². The fourth-order valence-corrected chi connectivity index (χ4v) is 5.11. The number of aromatic nitrogens is 2. The predicted octanol–water partition coefficient (Wildman–Crippen LogP) is 1.13. The van der Waals surface area contributed by atoms with E-state index >= 15 is 0 Å². The monoisotopic (exact) mass is 410 g/mol. The summed E-state index contributed by atoms with van der Waals surface area (Å²) in [5.74, 6) is 1.69. The minimum atomic E-state index is 0.222. The molecule has 0 amide bonds. The highest BCUT2D eigenvalue weighted by Gasteiger charge is 2.34. The molecule has 1 aromatic carbocycles. The molecule has 1 aromatic heterocycles. The van der Waals surface area contributed by atoms with Gasteiger partial charge in [-0.25, -0.2) is 0 Å². The molecule has 5 rings (SSSR count). The summed E-state index contributed by atoms with van der Waals surface area (Å²) < 4.78 is 0. The Morgan fingerprint density at radius 1 is 1.17 bits per heavy atom. The maximum absolute atomic E-state index is 10.2. The van der Waals surface area contributed by atoms with Gasteiger partial charge in [-0.15, -0.1) is 10.2 Å². The van der Waals surface area contributed by atoms with Gasteiger partial charge >= 0.3 is 0 Å². The molecule has 160 valence electrons. The third kappa shape index (κ3) is 3.82. The number of aromatic hydroxyl groups is 1. The van der Waals surface area contributed by atoms with Crippen LogP contribution in [0.25, 0.3) is 11.3 Å². The molecule has 2 fully saturated rings. The maximum Gasteiger partial charge on any atom is 0.172 e. The summed E-state index contributed by atoms with van der Waals surface area (Å²) in [6.07, 6.45) is 2.24. The molecular formula is C22H30N6O2. The van der Waals surface area contributed by atoms with Crippen LogP contribution in [0, 0.1) is 5.92 Å². The highest BCUT2D eigenvalue weighted by Crippen LogP contribution is 2.36. The van der Waals surface area contributed by atoms with Gasteiger partial charge in [0.05, 0.1) is 24.0 Å². The Bertz CT molecular complexity index is 894. The molecule has 4 heterocycles. The van der Waals surface area contributed by atoms with Crippen LogP contribution in [0.2, 0.25) is 0 Å². The van der Waals surface area contributed by atoms with Crippen LogP contribution in [0.15, 0.2) is 30.3 Å². The molecule has 0 bridgehead atoms. The molecule has 30 heavy (non-hydrogen) atoms. The van der Waals surface area contributed by atoms with Crippen LogP contribution in [-0.4, -0.2) is 83.3 Å². The van der Waals surface area contributed by atoms with Crippen molar-refractivity contribution in [3.8, 4) is 17.0 Å². The predicted molar refractivity (Wildman–Crippen MR) is 117 cm³/mol. The molecule has 0 spiro atoms. The largest absolute Gasteiger partial charge is 0.507 e. The molecule has 4 N–H and O–H groups in total. The number of rotatable bonds is 4. The smallest absolute Gasteiger partial charge is 0.172 e. The lowest BCUT2D eigenvalue weighted by Gasteiger charge is -2.46. The third-order valence-electron chi connectivity index (χ3n) is 6.68. The number of nitrogens with one attached hydrogen (secondary N) is 2. The van der Waals surface area contributed by atoms with Crippen molar-refractivity contribution in [2.75, 3.05) is 56.1 Å². The zero-order valence-corrected chi connectivity index (χ0v) is 17.2. The lowest BCUT2D eigenvalue weighted by Crippen LogP contribution is -2.58. The Kier molecular flexibility index (Phi) is 5.45. The Balaban J connectivity index is 1.30. The van der Waals surface area contributed by atoms with E-state index in [1.165, 1.54) is 6.42 Å². The number of anilines is 2. The van der Waals surface area contributed by atoms with Crippen LogP contribution >= 0.6 is 0 Å². The third-order valence-corrected chi connectivity index (χ3v) is 6.68. The van der Waals surface area contributed by atoms with Gasteiger partial charge in [0, 0.05) is 44.3 Å². The molecule has 2 unspecified atom stereocenters. The molecule has 3 aliphatic rings. The second-order valence-electron chi connectivity index (χ2n) is 8.69. The van der Waals surface area contributed by atoms with Gasteiger partial charge in [-0.2, -0.15) is 0 Å². The van der Waals surface area contributed by atoms with Gasteiger partial charge in [0.25, 0.3) is 0 Å². The van der Waals surface area contributed by atoms with Crippen LogP contribution in [0.1, 0.15) is 12.8 Å². The number of phenols is 1. The van der Waals surface area contributed by atoms with Crippen molar-refractivity contribution >= 4 is 11.5 Å². The number of hydrogen-bond acceptors (Lipinski definition) is 8. The van der Waals surface area contributed by atoms with E-state index in [0.29, 0.717) is 23.2 Å². The first-order valence-electron chi connectivity index (χ1n) is 10.9. The van der Waals surface area contributed by atoms with Gasteiger partial charge in [-0.05, 0) is 43.5 Å². The van der Waals surface area contributed by atoms with E-state index < -0.39 is 0 Å². The number of aliphatic hydroxyl groups excluding tert-OH is 1. The van der Waals surface area contributed by atoms with Gasteiger partial charge in [0.2, 0.25) is 0 Å². The number of hydrogen-bond donors (Lipinski definition) is 4. The highest BCUT2D eigenvalue weighted by atomic mass is 16.3. The van der Waals surface area contributed by atoms with E-state index in [4.69, 9.17) is 0 Å². The lowest BCUT2D eigenvalue weighted by molar-refractivity contribution is 0.142. The Morgan fingerprint density at radius 2 is 2.07 bits per heavy atom. The van der Waals surface area contributed by atoms with Crippen LogP contribution < -0.4 is 15.5 Å². The van der Waals surface area contributed by atoms with Crippen molar-refractivity contribution in [3.05, 3.63) is 30.3 Å². The fraction of sp³-hybridized carbons (Fsp3) is 0.545. The van der Waals surface area contributed by atoms with E-state index in [0.717, 1.165) is 57.2 Å². The molecule has 2 aromatic rings. The van der Waals surface area contributed by atoms with E-state index in [9.17, 15) is 10.2 Å². The molecule has 8 heteroatoms. The van der Waals surface area contributed by atoms with Crippen LogP contribution in [0.4, 0.5) is 11.5 Å². The molecule has 3 aliphatic heterocycles. The molecule has 2 saturated heterocycles. The Hall–Kier alpha value is -2.42. The number of nitrogens with zero attached hydrogens (tertiary/aromatic N) is 4. The van der Waals surface area contributed by atoms with E-state index in [1.54, 1.807) is 6.07 Å². The molecule has 0 saturated carbocycles. The molecule has 0 radical (unpaired) electrons. The number of aliphatic hydroxyl groups is 1. The molecule has 3 atom stereocenters. The molecule has 0 aliphatic carbocycles. The summed E-state index contributed by atoms with van der Waals surface area (Å²) >= 11 is 0. The number of phenolic OH excluding ortho intramolecular Hbond substituents is 1. The summed E-state index contributed by atoms with van der Waals surface area (Å²) in [7, 11) is 0. The van der Waals surface area contributed by atoms with Crippen molar-refractivity contribution < 1.29 is 10.2 Å². The summed E-state index contributed by atoms with van der Waals surface area (Å²) in [5, 5.41) is 35.2. The van der Waals surface area contributed by atoms with Crippen LogP contribution in [0.3, 0.4) is 0 Å². The lowest BCUT2D eigenvalue weighted by atomic mass is 9.91. The quantitative estimate of drug-likeness (QED) is 0.596. The van der Waals surface area contributed by atoms with Crippen molar-refractivity contribution in [2.45, 2.75) is 24.9 Å². The fourth-order valence-electron chi connectivity index (χ4n) is 5.11. The summed E-state index contributed by atoms with van der Waals surface area (Å²) in [4.78, 5) is 5.02. The summed E-state index contributed by atoms with van der Waals surface area (Å²) in [5.41, 5.74) is 2.47. The first-order valence-corrected chi connectivity index (χ1v) is 10.9. The topological polar surface area (TPSA) is 96.8 Å². The number of para-hydroxylation sites is 1. The van der Waals surface area contributed by atoms with E-state index in [2.05, 4.69) is 30.6 Å². The first kappa shape index (κ1) is 19.5. The first-order chi connectivity index (χ1) is 14.7. The normalized spacial score (nSPS) is 26.6. The van der Waals surface area contributed by atoms with Gasteiger partial charge in [0.15, 0.2) is 5.82 Å². The van der Waals surface area contributed by atoms with Gasteiger partial charge in [-0.3, -0.25) is 4.90 Å². The maximum atomic E-state index is 10.2. The standard InChI is InChI=1S/C22H30N6O2/c29-14-16-9-15(5-6-23-16)12-27-7-8-28-17(13-27)11-24-22-20(28)10-19(25-26-22)18-3-1-2-4-21(18)30/h1-4,10,15-17,23,29-30H,5-9,11-14H2,(H,24,26)/t15?,16?,17-/m0/s1. The zero-order chi connectivity index (χ0) is 20.5.